The number of nitrogens with one attached hydrogen (secondary N) is 3. The molecule has 0 spiro atoms. The Morgan fingerprint density at radius 2 is 1.44 bits per heavy atom. The first-order valence-electron chi connectivity index (χ1n) is 8.13. The molecule has 0 unspecified atom stereocenters. The number of amides is 3. The van der Waals surface area contributed by atoms with Gasteiger partial charge in [0.05, 0.1) is 0 Å². The number of benzene rings is 2. The van der Waals surface area contributed by atoms with E-state index in [2.05, 4.69) is 16.0 Å². The van der Waals surface area contributed by atoms with Crippen molar-refractivity contribution in [2.24, 2.45) is 0 Å². The summed E-state index contributed by atoms with van der Waals surface area (Å²) < 4.78 is 37.0. The van der Waals surface area contributed by atoms with Crippen LogP contribution in [0.15, 0.2) is 53.4 Å². The van der Waals surface area contributed by atoms with E-state index in [4.69, 9.17) is 0 Å². The first-order chi connectivity index (χ1) is 12.8. The number of urea groups is 1. The minimum atomic E-state index is -4.37. The van der Waals surface area contributed by atoms with E-state index in [9.17, 15) is 22.8 Å². The van der Waals surface area contributed by atoms with Gasteiger partial charge in [0.1, 0.15) is 0 Å². The highest BCUT2D eigenvalue weighted by molar-refractivity contribution is 8.00. The van der Waals surface area contributed by atoms with Gasteiger partial charge in [-0.15, -0.1) is 0 Å². The Labute approximate surface area is 157 Å². The fourth-order valence-electron chi connectivity index (χ4n) is 2.23. The Kier molecular flexibility index (Phi) is 5.59. The molecule has 3 N–H and O–H groups in total. The molecule has 0 aliphatic heterocycles. The first-order valence-corrected chi connectivity index (χ1v) is 8.95. The second kappa shape index (κ2) is 7.91. The van der Waals surface area contributed by atoms with Crippen LogP contribution in [0, 0.1) is 0 Å². The fraction of sp³-hybridized carbons (Fsp3) is 0.222. The summed E-state index contributed by atoms with van der Waals surface area (Å²) in [5.41, 5.74) is -3.04. The van der Waals surface area contributed by atoms with E-state index >= 15 is 0 Å². The quantitative estimate of drug-likeness (QED) is 0.635. The monoisotopic (exact) mass is 395 g/mol. The summed E-state index contributed by atoms with van der Waals surface area (Å²) in [5, 5.41) is 8.14. The molecule has 1 fully saturated rings. The molecule has 142 valence electrons. The van der Waals surface area contributed by atoms with Gasteiger partial charge in [0.15, 0.2) is 0 Å². The summed E-state index contributed by atoms with van der Waals surface area (Å²) in [5.74, 6) is -0.439. The van der Waals surface area contributed by atoms with Crippen molar-refractivity contribution in [1.29, 1.82) is 0 Å². The largest absolute Gasteiger partial charge is 0.446 e. The summed E-state index contributed by atoms with van der Waals surface area (Å²) in [7, 11) is 0. The Balaban J connectivity index is 1.54. The van der Waals surface area contributed by atoms with E-state index in [-0.39, 0.29) is 34.3 Å². The van der Waals surface area contributed by atoms with Crippen LogP contribution in [0.3, 0.4) is 0 Å². The summed E-state index contributed by atoms with van der Waals surface area (Å²) in [6.07, 6.45) is 1.99. The van der Waals surface area contributed by atoms with E-state index in [0.717, 1.165) is 12.8 Å². The van der Waals surface area contributed by atoms with Gasteiger partial charge in [-0.3, -0.25) is 4.79 Å². The zero-order chi connectivity index (χ0) is 19.4. The molecule has 1 aliphatic rings. The lowest BCUT2D eigenvalue weighted by Crippen LogP contribution is -2.30. The molecule has 0 heterocycles. The molecule has 2 aromatic carbocycles. The van der Waals surface area contributed by atoms with E-state index < -0.39 is 11.4 Å². The van der Waals surface area contributed by atoms with Gasteiger partial charge < -0.3 is 16.0 Å². The Hall–Kier alpha value is -2.68. The van der Waals surface area contributed by atoms with Crippen molar-refractivity contribution in [2.75, 3.05) is 10.6 Å². The van der Waals surface area contributed by atoms with Crippen LogP contribution in [0.1, 0.15) is 23.2 Å². The van der Waals surface area contributed by atoms with Crippen LogP contribution < -0.4 is 16.0 Å². The Morgan fingerprint density at radius 3 is 1.96 bits per heavy atom. The maximum atomic E-state index is 12.3. The van der Waals surface area contributed by atoms with Crippen LogP contribution in [-0.4, -0.2) is 23.5 Å². The van der Waals surface area contributed by atoms with Crippen molar-refractivity contribution >= 4 is 35.1 Å². The SMILES string of the molecule is O=C(Nc1ccc(NC(=O)c2ccc(SC(F)(F)F)cc2)cc1)NC1CC1. The maximum absolute atomic E-state index is 12.3. The molecule has 0 saturated heterocycles. The standard InChI is InChI=1S/C18H16F3N3O2S/c19-18(20,21)27-15-9-1-11(2-10-15)16(25)22-12-3-5-13(6-4-12)23-17(26)24-14-7-8-14/h1-6,9-10,14H,7-8H2,(H,22,25)(H2,23,24,26). The molecule has 27 heavy (non-hydrogen) atoms. The van der Waals surface area contributed by atoms with Crippen molar-refractivity contribution in [1.82, 2.24) is 5.32 Å². The predicted octanol–water partition coefficient (Wildman–Crippen LogP) is 4.83. The minimum absolute atomic E-state index is 0.0129. The molecular formula is C18H16F3N3O2S. The van der Waals surface area contributed by atoms with Crippen LogP contribution in [0.2, 0.25) is 0 Å². The summed E-state index contributed by atoms with van der Waals surface area (Å²) in [4.78, 5) is 23.9. The molecule has 9 heteroatoms. The number of anilines is 2. The number of rotatable bonds is 5. The van der Waals surface area contributed by atoms with Crippen molar-refractivity contribution in [2.45, 2.75) is 29.3 Å². The van der Waals surface area contributed by atoms with Gasteiger partial charge in [-0.05, 0) is 73.1 Å². The molecule has 0 bridgehead atoms. The molecule has 0 atom stereocenters. The van der Waals surface area contributed by atoms with Gasteiger partial charge in [-0.1, -0.05) is 0 Å². The number of halogens is 3. The number of carbonyl (C=O) groups excluding carboxylic acids is 2. The van der Waals surface area contributed by atoms with E-state index in [0.29, 0.717) is 11.4 Å². The highest BCUT2D eigenvalue weighted by Gasteiger charge is 2.29. The third-order valence-electron chi connectivity index (χ3n) is 3.66. The van der Waals surface area contributed by atoms with Crippen LogP contribution in [0.25, 0.3) is 0 Å². The van der Waals surface area contributed by atoms with Crippen LogP contribution >= 0.6 is 11.8 Å². The Morgan fingerprint density at radius 1 is 0.889 bits per heavy atom. The van der Waals surface area contributed by atoms with Crippen molar-refractivity contribution in [3.63, 3.8) is 0 Å². The van der Waals surface area contributed by atoms with Gasteiger partial charge in [0.2, 0.25) is 0 Å². The second-order valence-electron chi connectivity index (χ2n) is 5.98. The zero-order valence-electron chi connectivity index (χ0n) is 14.0. The predicted molar refractivity (Wildman–Crippen MR) is 97.9 cm³/mol. The lowest BCUT2D eigenvalue weighted by molar-refractivity contribution is -0.0328. The number of alkyl halides is 3. The minimum Gasteiger partial charge on any atom is -0.335 e. The zero-order valence-corrected chi connectivity index (χ0v) is 14.8. The molecule has 3 amide bonds. The van der Waals surface area contributed by atoms with Gasteiger partial charge in [-0.25, -0.2) is 4.79 Å². The van der Waals surface area contributed by atoms with Crippen LogP contribution in [0.4, 0.5) is 29.3 Å². The summed E-state index contributed by atoms with van der Waals surface area (Å²) in [6, 6.07) is 11.7. The van der Waals surface area contributed by atoms with Crippen LogP contribution in [-0.2, 0) is 0 Å². The van der Waals surface area contributed by atoms with Crippen molar-refractivity contribution in [3.8, 4) is 0 Å². The summed E-state index contributed by atoms with van der Waals surface area (Å²) in [6.45, 7) is 0. The summed E-state index contributed by atoms with van der Waals surface area (Å²) >= 11 is -0.232. The molecule has 0 aromatic heterocycles. The molecular weight excluding hydrogens is 379 g/mol. The van der Waals surface area contributed by atoms with Gasteiger partial charge >= 0.3 is 11.5 Å². The molecule has 0 radical (unpaired) electrons. The average Bonchev–Trinajstić information content (AvgIpc) is 3.39. The highest BCUT2D eigenvalue weighted by Crippen LogP contribution is 2.36. The van der Waals surface area contributed by atoms with Crippen molar-refractivity contribution in [3.05, 3.63) is 54.1 Å². The van der Waals surface area contributed by atoms with Gasteiger partial charge in [0, 0.05) is 27.9 Å². The lowest BCUT2D eigenvalue weighted by Gasteiger charge is -2.09. The number of hydrogen-bond acceptors (Lipinski definition) is 3. The second-order valence-corrected chi connectivity index (χ2v) is 7.11. The smallest absolute Gasteiger partial charge is 0.335 e. The van der Waals surface area contributed by atoms with E-state index in [1.54, 1.807) is 24.3 Å². The first kappa shape index (κ1) is 19.1. The maximum Gasteiger partial charge on any atom is 0.446 e. The van der Waals surface area contributed by atoms with Gasteiger partial charge in [-0.2, -0.15) is 13.2 Å². The third kappa shape index (κ3) is 6.21. The van der Waals surface area contributed by atoms with Gasteiger partial charge in [0.25, 0.3) is 5.91 Å². The number of hydrogen-bond donors (Lipinski definition) is 3. The van der Waals surface area contributed by atoms with E-state index in [1.807, 2.05) is 0 Å². The Bertz CT molecular complexity index is 819. The molecule has 1 aliphatic carbocycles. The highest BCUT2D eigenvalue weighted by atomic mass is 32.2. The fourth-order valence-corrected chi connectivity index (χ4v) is 2.77. The lowest BCUT2D eigenvalue weighted by atomic mass is 10.2. The number of carbonyl (C=O) groups is 2. The molecule has 1 saturated carbocycles. The topological polar surface area (TPSA) is 70.2 Å². The third-order valence-corrected chi connectivity index (χ3v) is 4.40. The van der Waals surface area contributed by atoms with Crippen molar-refractivity contribution < 1.29 is 22.8 Å². The van der Waals surface area contributed by atoms with E-state index in [1.165, 1.54) is 24.3 Å². The van der Waals surface area contributed by atoms with Crippen LogP contribution in [0.5, 0.6) is 0 Å². The normalized spacial score (nSPS) is 13.7. The average molecular weight is 395 g/mol. The number of thioether (sulfide) groups is 1. The molecule has 2 aromatic rings. The molecule has 5 nitrogen and oxygen atoms in total. The molecule has 3 rings (SSSR count).